The van der Waals surface area contributed by atoms with E-state index in [-0.39, 0.29) is 5.25 Å². The van der Waals surface area contributed by atoms with Gasteiger partial charge in [0.15, 0.2) is 5.25 Å². The molecule has 0 fully saturated rings. The molecular weight excluding hydrogens is 236 g/mol. The first-order chi connectivity index (χ1) is 8.09. The molecule has 4 heteroatoms. The van der Waals surface area contributed by atoms with Crippen LogP contribution in [0.1, 0.15) is 11.1 Å². The lowest BCUT2D eigenvalue weighted by molar-refractivity contribution is 0.487. The predicted octanol–water partition coefficient (Wildman–Crippen LogP) is 2.50. The van der Waals surface area contributed by atoms with Crippen LogP contribution < -0.4 is 0 Å². The predicted molar refractivity (Wildman–Crippen MR) is 65.9 cm³/mol. The Morgan fingerprint density at radius 1 is 0.765 bits per heavy atom. The minimum atomic E-state index is -4.25. The van der Waals surface area contributed by atoms with Gasteiger partial charge in [0.1, 0.15) is 0 Å². The van der Waals surface area contributed by atoms with Crippen LogP contribution in [0.2, 0.25) is 0 Å². The molecule has 0 spiro atoms. The number of rotatable bonds is 3. The summed E-state index contributed by atoms with van der Waals surface area (Å²) in [6.07, 6.45) is 0. The van der Waals surface area contributed by atoms with Crippen molar-refractivity contribution >= 4 is 10.1 Å². The smallest absolute Gasteiger partial charge is 0.281 e. The third-order valence-electron chi connectivity index (χ3n) is 2.33. The van der Waals surface area contributed by atoms with Gasteiger partial charge in [0, 0.05) is 0 Å². The van der Waals surface area contributed by atoms with Crippen LogP contribution in [-0.2, 0) is 10.1 Å². The van der Waals surface area contributed by atoms with Gasteiger partial charge in [-0.25, -0.2) is 0 Å². The van der Waals surface area contributed by atoms with Crippen molar-refractivity contribution in [1.29, 1.82) is 0 Å². The van der Waals surface area contributed by atoms with Crippen molar-refractivity contribution < 1.29 is 13.0 Å². The third kappa shape index (κ3) is 2.72. The Hall–Kier alpha value is -1.65. The van der Waals surface area contributed by atoms with Crippen LogP contribution in [0.15, 0.2) is 60.7 Å². The normalized spacial score (nSPS) is 11.6. The van der Waals surface area contributed by atoms with E-state index in [2.05, 4.69) is 0 Å². The summed E-state index contributed by atoms with van der Waals surface area (Å²) in [6.45, 7) is 0. The van der Waals surface area contributed by atoms with Crippen LogP contribution in [-0.4, -0.2) is 13.0 Å². The van der Waals surface area contributed by atoms with Crippen LogP contribution in [0.25, 0.3) is 0 Å². The first kappa shape index (κ1) is 11.8. The molecule has 0 unspecified atom stereocenters. The summed E-state index contributed by atoms with van der Waals surface area (Å²) in [7, 11) is -4.25. The first-order valence-corrected chi connectivity index (χ1v) is 6.48. The van der Waals surface area contributed by atoms with E-state index in [1.54, 1.807) is 60.7 Å². The monoisotopic (exact) mass is 247 g/mol. The van der Waals surface area contributed by atoms with Crippen LogP contribution in [0, 0.1) is 5.25 Å². The van der Waals surface area contributed by atoms with Gasteiger partial charge in [-0.3, -0.25) is 4.55 Å². The summed E-state index contributed by atoms with van der Waals surface area (Å²) in [5.74, 6) is 0. The van der Waals surface area contributed by atoms with Crippen molar-refractivity contribution in [2.24, 2.45) is 0 Å². The molecule has 2 aromatic rings. The highest BCUT2D eigenvalue weighted by Crippen LogP contribution is 2.27. The summed E-state index contributed by atoms with van der Waals surface area (Å²) >= 11 is 0. The van der Waals surface area contributed by atoms with Crippen LogP contribution in [0.4, 0.5) is 0 Å². The average Bonchev–Trinajstić information content (AvgIpc) is 2.30. The van der Waals surface area contributed by atoms with E-state index in [1.807, 2.05) is 0 Å². The van der Waals surface area contributed by atoms with E-state index < -0.39 is 10.1 Å². The van der Waals surface area contributed by atoms with Crippen molar-refractivity contribution in [3.8, 4) is 0 Å². The van der Waals surface area contributed by atoms with Crippen molar-refractivity contribution in [3.63, 3.8) is 0 Å². The van der Waals surface area contributed by atoms with Gasteiger partial charge < -0.3 is 0 Å². The SMILES string of the molecule is O=S(=O)(O)[C](c1ccccc1)c1ccccc1. The minimum absolute atomic E-state index is 0.0706. The maximum absolute atomic E-state index is 11.5. The van der Waals surface area contributed by atoms with Crippen molar-refractivity contribution in [3.05, 3.63) is 77.0 Å². The maximum atomic E-state index is 11.5. The Balaban J connectivity index is 2.56. The van der Waals surface area contributed by atoms with E-state index in [0.717, 1.165) is 0 Å². The molecule has 0 aliphatic carbocycles. The Labute approximate surface area is 100 Å². The van der Waals surface area contributed by atoms with Crippen LogP contribution in [0.3, 0.4) is 0 Å². The molecule has 0 aromatic heterocycles. The molecule has 0 heterocycles. The molecule has 0 amide bonds. The lowest BCUT2D eigenvalue weighted by atomic mass is 10.0. The van der Waals surface area contributed by atoms with Gasteiger partial charge in [-0.1, -0.05) is 60.7 Å². The van der Waals surface area contributed by atoms with Crippen LogP contribution >= 0.6 is 0 Å². The summed E-state index contributed by atoms with van der Waals surface area (Å²) in [6, 6.07) is 17.1. The molecule has 87 valence electrons. The molecule has 2 aromatic carbocycles. The van der Waals surface area contributed by atoms with E-state index in [9.17, 15) is 13.0 Å². The molecular formula is C13H11O3S. The maximum Gasteiger partial charge on any atom is 0.281 e. The van der Waals surface area contributed by atoms with E-state index in [4.69, 9.17) is 0 Å². The van der Waals surface area contributed by atoms with Crippen molar-refractivity contribution in [2.45, 2.75) is 0 Å². The highest BCUT2D eigenvalue weighted by molar-refractivity contribution is 7.89. The van der Waals surface area contributed by atoms with Gasteiger partial charge in [0.05, 0.1) is 0 Å². The minimum Gasteiger partial charge on any atom is -0.285 e. The summed E-state index contributed by atoms with van der Waals surface area (Å²) in [5.41, 5.74) is 0.947. The van der Waals surface area contributed by atoms with Gasteiger partial charge in [-0.2, -0.15) is 8.42 Å². The molecule has 1 N–H and O–H groups in total. The quantitative estimate of drug-likeness (QED) is 0.848. The lowest BCUT2D eigenvalue weighted by Crippen LogP contribution is -2.14. The Bertz CT molecular complexity index is 537. The van der Waals surface area contributed by atoms with Gasteiger partial charge in [-0.05, 0) is 11.1 Å². The average molecular weight is 247 g/mol. The van der Waals surface area contributed by atoms with Gasteiger partial charge >= 0.3 is 0 Å². The second kappa shape index (κ2) is 4.69. The fraction of sp³-hybridized carbons (Fsp3) is 0. The third-order valence-corrected chi connectivity index (χ3v) is 3.32. The van der Waals surface area contributed by atoms with E-state index in [0.29, 0.717) is 11.1 Å². The van der Waals surface area contributed by atoms with Crippen molar-refractivity contribution in [1.82, 2.24) is 0 Å². The summed E-state index contributed by atoms with van der Waals surface area (Å²) in [5, 5.41) is -0.0706. The molecule has 0 atom stereocenters. The Morgan fingerprint density at radius 3 is 1.41 bits per heavy atom. The molecule has 1 radical (unpaired) electrons. The molecule has 3 nitrogen and oxygen atoms in total. The fourth-order valence-corrected chi connectivity index (χ4v) is 2.51. The fourth-order valence-electron chi connectivity index (χ4n) is 1.64. The van der Waals surface area contributed by atoms with Gasteiger partial charge in [0.25, 0.3) is 10.1 Å². The Kier molecular flexibility index (Phi) is 3.26. The van der Waals surface area contributed by atoms with Gasteiger partial charge in [0.2, 0.25) is 0 Å². The second-order valence-electron chi connectivity index (χ2n) is 3.54. The topological polar surface area (TPSA) is 54.4 Å². The zero-order valence-electron chi connectivity index (χ0n) is 8.95. The molecule has 0 saturated heterocycles. The molecule has 17 heavy (non-hydrogen) atoms. The van der Waals surface area contributed by atoms with Crippen LogP contribution in [0.5, 0.6) is 0 Å². The first-order valence-electron chi connectivity index (χ1n) is 5.04. The number of hydrogen-bond acceptors (Lipinski definition) is 2. The Morgan fingerprint density at radius 2 is 1.12 bits per heavy atom. The number of benzene rings is 2. The largest absolute Gasteiger partial charge is 0.285 e. The molecule has 0 aliphatic heterocycles. The zero-order chi connectivity index (χ0) is 12.3. The standard InChI is InChI=1S/C13H11O3S/c14-17(15,16)13(11-7-3-1-4-8-11)12-9-5-2-6-10-12/h1-10H,(H,14,15,16). The second-order valence-corrected chi connectivity index (χ2v) is 4.89. The summed E-state index contributed by atoms with van der Waals surface area (Å²) in [4.78, 5) is 0. The molecule has 0 bridgehead atoms. The highest BCUT2D eigenvalue weighted by atomic mass is 32.2. The van der Waals surface area contributed by atoms with Crippen molar-refractivity contribution in [2.75, 3.05) is 0 Å². The lowest BCUT2D eigenvalue weighted by Gasteiger charge is -2.13. The molecule has 0 saturated carbocycles. The molecule has 2 rings (SSSR count). The van der Waals surface area contributed by atoms with Gasteiger partial charge in [-0.15, -0.1) is 0 Å². The number of hydrogen-bond donors (Lipinski definition) is 1. The van der Waals surface area contributed by atoms with E-state index >= 15 is 0 Å². The summed E-state index contributed by atoms with van der Waals surface area (Å²) < 4.78 is 32.2. The van der Waals surface area contributed by atoms with E-state index in [1.165, 1.54) is 0 Å². The molecule has 0 aliphatic rings. The zero-order valence-corrected chi connectivity index (χ0v) is 9.76. The highest BCUT2D eigenvalue weighted by Gasteiger charge is 2.27.